The van der Waals surface area contributed by atoms with Crippen LogP contribution < -0.4 is 11.3 Å². The average molecular weight is 530 g/mol. The Bertz CT molecular complexity index is 1500. The molecular weight excluding hydrogens is 502 g/mol. The Morgan fingerprint density at radius 3 is 2.47 bits per heavy atom. The topological polar surface area (TPSA) is 124 Å². The number of hydrogen-bond donors (Lipinski definition) is 1. The molecule has 0 spiro atoms. The summed E-state index contributed by atoms with van der Waals surface area (Å²) in [5.74, 6) is 0.282. The zero-order valence-electron chi connectivity index (χ0n) is 20.1. The summed E-state index contributed by atoms with van der Waals surface area (Å²) in [6.07, 6.45) is 0.785. The molecule has 9 nitrogen and oxygen atoms in total. The molecule has 2 aromatic carbocycles. The molecule has 2 N–H and O–H groups in total. The van der Waals surface area contributed by atoms with Gasteiger partial charge in [0.2, 0.25) is 10.0 Å². The SMILES string of the molecule is CCC(c1nc2onc(C)c2c(=O)n1Cc1ccccc1)N(CCCN)S(=O)(=O)c1ccc(Cl)cc1. The van der Waals surface area contributed by atoms with Gasteiger partial charge in [0.15, 0.2) is 0 Å². The second-order valence-electron chi connectivity index (χ2n) is 8.43. The molecule has 4 aromatic rings. The summed E-state index contributed by atoms with van der Waals surface area (Å²) in [7, 11) is -3.98. The molecule has 4 rings (SSSR count). The van der Waals surface area contributed by atoms with Gasteiger partial charge in [0, 0.05) is 11.6 Å². The first-order chi connectivity index (χ1) is 17.3. The molecule has 1 atom stereocenters. The fourth-order valence-electron chi connectivity index (χ4n) is 4.20. The smallest absolute Gasteiger partial charge is 0.267 e. The van der Waals surface area contributed by atoms with Gasteiger partial charge in [0.1, 0.15) is 11.2 Å². The minimum Gasteiger partial charge on any atom is -0.335 e. The van der Waals surface area contributed by atoms with Crippen molar-refractivity contribution in [3.63, 3.8) is 0 Å². The standard InChI is InChI=1S/C25H28ClN5O4S/c1-3-21(31(15-7-14-27)36(33,34)20-12-10-19(26)11-13-20)23-28-24-22(17(2)29-35-24)25(32)30(23)16-18-8-5-4-6-9-18/h4-6,8-13,21H,3,7,14-16,27H2,1-2H3. The van der Waals surface area contributed by atoms with Gasteiger partial charge in [0.05, 0.1) is 23.2 Å². The molecule has 1 unspecified atom stereocenters. The van der Waals surface area contributed by atoms with E-state index in [0.29, 0.717) is 30.1 Å². The number of aromatic nitrogens is 3. The van der Waals surface area contributed by atoms with E-state index in [1.165, 1.54) is 33.1 Å². The van der Waals surface area contributed by atoms with Crippen molar-refractivity contribution in [3.05, 3.63) is 87.1 Å². The van der Waals surface area contributed by atoms with Crippen LogP contribution in [0.2, 0.25) is 5.02 Å². The fraction of sp³-hybridized carbons (Fsp3) is 0.320. The van der Waals surface area contributed by atoms with Crippen molar-refractivity contribution >= 4 is 32.7 Å². The summed E-state index contributed by atoms with van der Waals surface area (Å²) in [5.41, 5.74) is 6.81. The highest BCUT2D eigenvalue weighted by atomic mass is 35.5. The molecule has 0 radical (unpaired) electrons. The van der Waals surface area contributed by atoms with Crippen LogP contribution in [0.3, 0.4) is 0 Å². The van der Waals surface area contributed by atoms with Crippen LogP contribution in [0, 0.1) is 6.92 Å². The van der Waals surface area contributed by atoms with Crippen molar-refractivity contribution in [2.45, 2.75) is 44.2 Å². The van der Waals surface area contributed by atoms with Gasteiger partial charge in [-0.15, -0.1) is 0 Å². The Kier molecular flexibility index (Phi) is 7.89. The normalized spacial score (nSPS) is 12.9. The monoisotopic (exact) mass is 529 g/mol. The number of rotatable bonds is 10. The predicted molar refractivity (Wildman–Crippen MR) is 138 cm³/mol. The lowest BCUT2D eigenvalue weighted by molar-refractivity contribution is 0.293. The first-order valence-corrected chi connectivity index (χ1v) is 13.5. The van der Waals surface area contributed by atoms with E-state index < -0.39 is 16.1 Å². The highest BCUT2D eigenvalue weighted by Crippen LogP contribution is 2.31. The van der Waals surface area contributed by atoms with Crippen molar-refractivity contribution in [3.8, 4) is 0 Å². The van der Waals surface area contributed by atoms with Gasteiger partial charge in [-0.2, -0.15) is 9.29 Å². The van der Waals surface area contributed by atoms with Crippen LogP contribution in [0.1, 0.15) is 42.9 Å². The van der Waals surface area contributed by atoms with Crippen LogP contribution in [-0.4, -0.2) is 40.5 Å². The number of hydrogen-bond acceptors (Lipinski definition) is 7. The molecule has 0 aliphatic rings. The van der Waals surface area contributed by atoms with Crippen molar-refractivity contribution in [1.29, 1.82) is 0 Å². The number of fused-ring (bicyclic) bond motifs is 1. The number of sulfonamides is 1. The largest absolute Gasteiger partial charge is 0.335 e. The van der Waals surface area contributed by atoms with Gasteiger partial charge in [-0.1, -0.05) is 54.0 Å². The third kappa shape index (κ3) is 5.08. The van der Waals surface area contributed by atoms with E-state index in [0.717, 1.165) is 5.56 Å². The van der Waals surface area contributed by atoms with E-state index in [2.05, 4.69) is 10.1 Å². The maximum atomic E-state index is 13.8. The molecule has 0 fully saturated rings. The predicted octanol–water partition coefficient (Wildman–Crippen LogP) is 3.89. The molecule has 0 aliphatic heterocycles. The lowest BCUT2D eigenvalue weighted by Crippen LogP contribution is -2.40. The first kappa shape index (κ1) is 26.0. The zero-order chi connectivity index (χ0) is 25.9. The number of aryl methyl sites for hydroxylation is 1. The Hall–Kier alpha value is -3.05. The van der Waals surface area contributed by atoms with E-state index in [1.807, 2.05) is 37.3 Å². The maximum absolute atomic E-state index is 13.8. The minimum atomic E-state index is -3.98. The average Bonchev–Trinajstić information content (AvgIpc) is 3.25. The summed E-state index contributed by atoms with van der Waals surface area (Å²) in [4.78, 5) is 18.4. The molecule has 190 valence electrons. The summed E-state index contributed by atoms with van der Waals surface area (Å²) in [6, 6.07) is 14.7. The van der Waals surface area contributed by atoms with E-state index in [1.54, 1.807) is 6.92 Å². The third-order valence-electron chi connectivity index (χ3n) is 6.02. The van der Waals surface area contributed by atoms with E-state index in [-0.39, 0.29) is 40.5 Å². The minimum absolute atomic E-state index is 0.0814. The van der Waals surface area contributed by atoms with Gasteiger partial charge in [0.25, 0.3) is 11.3 Å². The zero-order valence-corrected chi connectivity index (χ0v) is 21.7. The molecule has 0 saturated carbocycles. The Morgan fingerprint density at radius 1 is 1.14 bits per heavy atom. The number of nitrogens with two attached hydrogens (primary N) is 1. The van der Waals surface area contributed by atoms with E-state index in [9.17, 15) is 13.2 Å². The third-order valence-corrected chi connectivity index (χ3v) is 8.19. The van der Waals surface area contributed by atoms with Gasteiger partial charge < -0.3 is 10.3 Å². The quantitative estimate of drug-likeness (QED) is 0.330. The molecule has 0 aliphatic carbocycles. The molecular formula is C25H28ClN5O4S. The molecule has 2 aromatic heterocycles. The molecule has 2 heterocycles. The maximum Gasteiger partial charge on any atom is 0.267 e. The summed E-state index contributed by atoms with van der Waals surface area (Å²) in [5, 5.41) is 4.62. The van der Waals surface area contributed by atoms with Gasteiger partial charge in [-0.05, 0) is 56.1 Å². The van der Waals surface area contributed by atoms with Crippen LogP contribution in [0.25, 0.3) is 11.1 Å². The van der Waals surface area contributed by atoms with Crippen LogP contribution in [0.4, 0.5) is 0 Å². The Balaban J connectivity index is 1.92. The van der Waals surface area contributed by atoms with Gasteiger partial charge in [-0.3, -0.25) is 9.36 Å². The Morgan fingerprint density at radius 2 is 1.83 bits per heavy atom. The summed E-state index contributed by atoms with van der Waals surface area (Å²) < 4.78 is 35.9. The molecule has 0 amide bonds. The molecule has 11 heteroatoms. The summed E-state index contributed by atoms with van der Waals surface area (Å²) >= 11 is 5.99. The second-order valence-corrected chi connectivity index (χ2v) is 10.8. The molecule has 0 saturated heterocycles. The number of halogens is 1. The van der Waals surface area contributed by atoms with Crippen LogP contribution >= 0.6 is 11.6 Å². The van der Waals surface area contributed by atoms with Crippen LogP contribution in [0.5, 0.6) is 0 Å². The highest BCUT2D eigenvalue weighted by Gasteiger charge is 2.35. The van der Waals surface area contributed by atoms with Gasteiger partial charge in [-0.25, -0.2) is 8.42 Å². The van der Waals surface area contributed by atoms with Crippen molar-refractivity contribution < 1.29 is 12.9 Å². The van der Waals surface area contributed by atoms with Crippen LogP contribution in [-0.2, 0) is 16.6 Å². The van der Waals surface area contributed by atoms with E-state index in [4.69, 9.17) is 21.9 Å². The number of nitrogens with zero attached hydrogens (tertiary/aromatic N) is 4. The first-order valence-electron chi connectivity index (χ1n) is 11.7. The van der Waals surface area contributed by atoms with Crippen molar-refractivity contribution in [1.82, 2.24) is 19.0 Å². The van der Waals surface area contributed by atoms with E-state index >= 15 is 0 Å². The second kappa shape index (κ2) is 10.9. The lowest BCUT2D eigenvalue weighted by atomic mass is 10.1. The molecule has 0 bridgehead atoms. The van der Waals surface area contributed by atoms with Gasteiger partial charge >= 0.3 is 0 Å². The number of benzene rings is 2. The fourth-order valence-corrected chi connectivity index (χ4v) is 6.03. The van der Waals surface area contributed by atoms with Crippen molar-refractivity contribution in [2.75, 3.05) is 13.1 Å². The highest BCUT2D eigenvalue weighted by molar-refractivity contribution is 7.89. The lowest BCUT2D eigenvalue weighted by Gasteiger charge is -2.31. The van der Waals surface area contributed by atoms with Crippen molar-refractivity contribution in [2.24, 2.45) is 5.73 Å². The molecule has 36 heavy (non-hydrogen) atoms. The summed E-state index contributed by atoms with van der Waals surface area (Å²) in [6.45, 7) is 4.19. The van der Waals surface area contributed by atoms with Crippen LogP contribution in [0.15, 0.2) is 68.8 Å². The Labute approximate surface area is 214 Å².